The molecule has 2 atom stereocenters. The molecule has 0 bridgehead atoms. The lowest BCUT2D eigenvalue weighted by Crippen LogP contribution is -2.44. The van der Waals surface area contributed by atoms with Crippen LogP contribution in [0.5, 0.6) is 11.6 Å². The maximum absolute atomic E-state index is 11.9. The zero-order valence-electron chi connectivity index (χ0n) is 26.6. The van der Waals surface area contributed by atoms with Crippen molar-refractivity contribution in [3.05, 3.63) is 88.1 Å². The number of carbonyl (C=O) groups is 1. The fourth-order valence-corrected chi connectivity index (χ4v) is 6.31. The van der Waals surface area contributed by atoms with Gasteiger partial charge in [0, 0.05) is 31.3 Å². The van der Waals surface area contributed by atoms with E-state index >= 15 is 0 Å². The van der Waals surface area contributed by atoms with Gasteiger partial charge in [-0.3, -0.25) is 4.90 Å². The second kappa shape index (κ2) is 13.4. The van der Waals surface area contributed by atoms with E-state index in [1.54, 1.807) is 6.07 Å². The molecular formula is C36H42N4O5. The van der Waals surface area contributed by atoms with Crippen LogP contribution in [0.2, 0.25) is 0 Å². The van der Waals surface area contributed by atoms with E-state index in [4.69, 9.17) is 19.2 Å². The molecule has 6 rings (SSSR count). The third-order valence-electron chi connectivity index (χ3n) is 9.14. The molecule has 0 aliphatic carbocycles. The minimum Gasteiger partial charge on any atom is -0.488 e. The zero-order valence-corrected chi connectivity index (χ0v) is 26.6. The summed E-state index contributed by atoms with van der Waals surface area (Å²) in [5.41, 5.74) is 7.90. The number of pyridine rings is 1. The van der Waals surface area contributed by atoms with E-state index in [1.165, 1.54) is 39.6 Å². The first-order valence-corrected chi connectivity index (χ1v) is 15.9. The summed E-state index contributed by atoms with van der Waals surface area (Å²) in [4.78, 5) is 19.4. The van der Waals surface area contributed by atoms with Crippen molar-refractivity contribution in [2.45, 2.75) is 78.7 Å². The van der Waals surface area contributed by atoms with Crippen LogP contribution in [0.15, 0.2) is 54.7 Å². The molecule has 1 N–H and O–H groups in total. The van der Waals surface area contributed by atoms with Crippen molar-refractivity contribution in [2.75, 3.05) is 19.8 Å². The predicted molar refractivity (Wildman–Crippen MR) is 172 cm³/mol. The van der Waals surface area contributed by atoms with E-state index in [9.17, 15) is 9.90 Å². The Balaban J connectivity index is 1.25. The van der Waals surface area contributed by atoms with Gasteiger partial charge in [0.1, 0.15) is 17.9 Å². The molecule has 2 aliphatic rings. The van der Waals surface area contributed by atoms with Gasteiger partial charge in [0.2, 0.25) is 5.88 Å². The lowest BCUT2D eigenvalue weighted by molar-refractivity contribution is 0.0125. The molecule has 1 fully saturated rings. The molecule has 1 unspecified atom stereocenters. The topological polar surface area (TPSA) is 98.9 Å². The molecule has 9 nitrogen and oxygen atoms in total. The van der Waals surface area contributed by atoms with Crippen molar-refractivity contribution in [3.8, 4) is 28.7 Å². The van der Waals surface area contributed by atoms with Gasteiger partial charge in [-0.15, -0.1) is 0 Å². The molecule has 236 valence electrons. The first-order valence-electron chi connectivity index (χ1n) is 15.9. The Labute approximate surface area is 264 Å². The van der Waals surface area contributed by atoms with Gasteiger partial charge in [-0.2, -0.15) is 9.78 Å². The van der Waals surface area contributed by atoms with Gasteiger partial charge in [0.15, 0.2) is 5.82 Å². The number of fused-ring (bicyclic) bond motifs is 1. The first kappa shape index (κ1) is 30.8. The highest BCUT2D eigenvalue weighted by atomic mass is 16.5. The zero-order chi connectivity index (χ0) is 31.5. The van der Waals surface area contributed by atoms with Gasteiger partial charge < -0.3 is 19.3 Å². The molecule has 0 spiro atoms. The highest BCUT2D eigenvalue weighted by molar-refractivity contribution is 5.90. The highest BCUT2D eigenvalue weighted by Gasteiger charge is 2.27. The number of para-hydroxylation sites is 1. The monoisotopic (exact) mass is 610 g/mol. The van der Waals surface area contributed by atoms with Gasteiger partial charge in [-0.05, 0) is 92.5 Å². The van der Waals surface area contributed by atoms with Crippen molar-refractivity contribution < 1.29 is 24.1 Å². The number of aromatic carboxylic acids is 1. The molecule has 0 amide bonds. The van der Waals surface area contributed by atoms with E-state index < -0.39 is 5.97 Å². The Kier molecular flexibility index (Phi) is 9.19. The Morgan fingerprint density at radius 2 is 2.00 bits per heavy atom. The summed E-state index contributed by atoms with van der Waals surface area (Å²) in [6.07, 6.45) is 5.24. The Morgan fingerprint density at radius 1 is 1.16 bits per heavy atom. The summed E-state index contributed by atoms with van der Waals surface area (Å²) in [5, 5.41) is 14.1. The second-order valence-electron chi connectivity index (χ2n) is 12.1. The lowest BCUT2D eigenvalue weighted by Gasteiger charge is -2.38. The van der Waals surface area contributed by atoms with E-state index in [2.05, 4.69) is 29.1 Å². The van der Waals surface area contributed by atoms with Crippen LogP contribution in [-0.2, 0) is 24.3 Å². The lowest BCUT2D eigenvalue weighted by atomic mass is 9.91. The van der Waals surface area contributed by atoms with Crippen molar-refractivity contribution in [1.29, 1.82) is 0 Å². The number of benzene rings is 2. The van der Waals surface area contributed by atoms with Crippen LogP contribution in [0.25, 0.3) is 17.1 Å². The van der Waals surface area contributed by atoms with Crippen molar-refractivity contribution in [3.63, 3.8) is 0 Å². The molecule has 0 saturated carbocycles. The van der Waals surface area contributed by atoms with Crippen LogP contribution in [-0.4, -0.2) is 62.6 Å². The molecule has 0 radical (unpaired) electrons. The number of aryl methyl sites for hydroxylation is 1. The van der Waals surface area contributed by atoms with Crippen LogP contribution in [0, 0.1) is 13.8 Å². The van der Waals surface area contributed by atoms with E-state index in [0.717, 1.165) is 62.4 Å². The van der Waals surface area contributed by atoms with Crippen molar-refractivity contribution in [1.82, 2.24) is 19.7 Å². The maximum atomic E-state index is 11.9. The highest BCUT2D eigenvalue weighted by Crippen LogP contribution is 2.35. The summed E-state index contributed by atoms with van der Waals surface area (Å²) >= 11 is 0. The van der Waals surface area contributed by atoms with Gasteiger partial charge in [-0.1, -0.05) is 37.3 Å². The number of ether oxygens (including phenoxy) is 3. The number of hydrogen-bond donors (Lipinski definition) is 1. The Morgan fingerprint density at radius 3 is 2.78 bits per heavy atom. The normalized spacial score (nSPS) is 17.5. The van der Waals surface area contributed by atoms with Crippen LogP contribution in [0.4, 0.5) is 0 Å². The Bertz CT molecular complexity index is 1680. The molecule has 4 aromatic rings. The predicted octanol–water partition coefficient (Wildman–Crippen LogP) is 6.54. The smallest absolute Gasteiger partial charge is 0.342 e. The van der Waals surface area contributed by atoms with Crippen molar-refractivity contribution >= 4 is 5.97 Å². The fourth-order valence-electron chi connectivity index (χ4n) is 6.31. The van der Waals surface area contributed by atoms with Crippen LogP contribution >= 0.6 is 0 Å². The van der Waals surface area contributed by atoms with Crippen LogP contribution < -0.4 is 9.47 Å². The van der Waals surface area contributed by atoms with Gasteiger partial charge in [-0.25, -0.2) is 9.78 Å². The van der Waals surface area contributed by atoms with Crippen LogP contribution in [0.3, 0.4) is 0 Å². The number of aromatic nitrogens is 3. The van der Waals surface area contributed by atoms with Crippen molar-refractivity contribution in [2.24, 2.45) is 0 Å². The molecular weight excluding hydrogens is 568 g/mol. The minimum absolute atomic E-state index is 0.00166. The number of hydrogen-bond acceptors (Lipinski definition) is 7. The summed E-state index contributed by atoms with van der Waals surface area (Å²) in [7, 11) is 0. The van der Waals surface area contributed by atoms with Gasteiger partial charge in [0.25, 0.3) is 0 Å². The van der Waals surface area contributed by atoms with E-state index in [0.29, 0.717) is 24.2 Å². The maximum Gasteiger partial charge on any atom is 0.342 e. The third kappa shape index (κ3) is 6.46. The summed E-state index contributed by atoms with van der Waals surface area (Å²) in [6, 6.07) is 16.6. The Hall–Kier alpha value is -4.21. The number of carboxylic acid groups (broad SMARTS) is 1. The summed E-state index contributed by atoms with van der Waals surface area (Å²) in [5.74, 6) is 0.301. The fraction of sp³-hybridized carbons (Fsp3) is 0.417. The largest absolute Gasteiger partial charge is 0.488 e. The quantitative estimate of drug-likeness (QED) is 0.216. The SMILES string of the molecule is CC[C@H](C)Oc1c(C(=O)O)cnn1-c1cccc(-c2cccc(C)c2OCc2ccc3c(c2C)CCN(C2CCCOC2)C3)n1. The molecule has 2 aromatic heterocycles. The van der Waals surface area contributed by atoms with Gasteiger partial charge >= 0.3 is 5.97 Å². The molecule has 2 aromatic carbocycles. The summed E-state index contributed by atoms with van der Waals surface area (Å²) < 4.78 is 19.8. The van der Waals surface area contributed by atoms with Crippen LogP contribution in [0.1, 0.15) is 71.3 Å². The summed E-state index contributed by atoms with van der Waals surface area (Å²) in [6.45, 7) is 12.4. The number of nitrogens with zero attached hydrogens (tertiary/aromatic N) is 4. The molecule has 9 heteroatoms. The molecule has 4 heterocycles. The number of carboxylic acids is 1. The minimum atomic E-state index is -1.10. The standard InChI is InChI=1S/C36H42N4O5/c1-5-24(3)45-35-31(36(41)42)19-37-40(35)33-13-7-12-32(38-33)30-11-6-9-23(2)34(30)44-21-27-15-14-26-20-39(17-16-29(26)25(27)4)28-10-8-18-43-22-28/h6-7,9,11-15,19,24,28H,5,8,10,16-18,20-22H2,1-4H3,(H,41,42)/t24-,28?/m0/s1. The molecule has 45 heavy (non-hydrogen) atoms. The first-order chi connectivity index (χ1) is 21.8. The van der Waals surface area contributed by atoms with Gasteiger partial charge in [0.05, 0.1) is 24.6 Å². The van der Waals surface area contributed by atoms with E-state index in [1.807, 2.05) is 51.1 Å². The average molecular weight is 611 g/mol. The molecule has 2 aliphatic heterocycles. The average Bonchev–Trinajstić information content (AvgIpc) is 3.49. The second-order valence-corrected chi connectivity index (χ2v) is 12.1. The van der Waals surface area contributed by atoms with E-state index in [-0.39, 0.29) is 17.5 Å². The number of rotatable bonds is 10. The molecule has 1 saturated heterocycles. The third-order valence-corrected chi connectivity index (χ3v) is 9.14.